The number of rotatable bonds is 9. The predicted molar refractivity (Wildman–Crippen MR) is 132 cm³/mol. The van der Waals surface area contributed by atoms with E-state index in [-0.39, 0.29) is 17.6 Å². The number of nitrogens with one attached hydrogen (secondary N) is 2. The van der Waals surface area contributed by atoms with Crippen LogP contribution in [0, 0.1) is 6.92 Å². The van der Waals surface area contributed by atoms with Gasteiger partial charge in [0.1, 0.15) is 0 Å². The number of benzene rings is 2. The minimum Gasteiger partial charge on any atom is -0.461 e. The molecule has 2 aromatic heterocycles. The number of hydrogen-bond donors (Lipinski definition) is 2. The zero-order valence-electron chi connectivity index (χ0n) is 18.9. The van der Waals surface area contributed by atoms with E-state index < -0.39 is 0 Å². The van der Waals surface area contributed by atoms with Crippen LogP contribution in [0.5, 0.6) is 0 Å². The van der Waals surface area contributed by atoms with Gasteiger partial charge in [-0.1, -0.05) is 53.7 Å². The lowest BCUT2D eigenvalue weighted by Gasteiger charge is -2.12. The van der Waals surface area contributed by atoms with E-state index >= 15 is 0 Å². The maximum atomic E-state index is 12.8. The van der Waals surface area contributed by atoms with E-state index in [1.807, 2.05) is 48.7 Å². The van der Waals surface area contributed by atoms with Crippen molar-refractivity contribution in [3.63, 3.8) is 0 Å². The van der Waals surface area contributed by atoms with Crippen LogP contribution in [0.15, 0.2) is 76.5 Å². The van der Waals surface area contributed by atoms with Crippen molar-refractivity contribution in [2.75, 3.05) is 11.1 Å². The Morgan fingerprint density at radius 3 is 2.56 bits per heavy atom. The zero-order chi connectivity index (χ0) is 23.9. The summed E-state index contributed by atoms with van der Waals surface area (Å²) in [7, 11) is 0. The molecule has 0 saturated carbocycles. The fraction of sp³-hybridized carbons (Fsp3) is 0.200. The van der Waals surface area contributed by atoms with Gasteiger partial charge in [-0.05, 0) is 43.7 Å². The van der Waals surface area contributed by atoms with Crippen molar-refractivity contribution < 1.29 is 14.0 Å². The fourth-order valence-corrected chi connectivity index (χ4v) is 4.16. The molecule has 4 aromatic rings. The number of thioether (sulfide) groups is 1. The summed E-state index contributed by atoms with van der Waals surface area (Å²) in [6.07, 6.45) is 1.58. The van der Waals surface area contributed by atoms with Gasteiger partial charge < -0.3 is 15.1 Å². The number of aromatic nitrogens is 3. The van der Waals surface area contributed by atoms with Gasteiger partial charge in [0, 0.05) is 13.1 Å². The number of para-hydroxylation sites is 1. The Balaban J connectivity index is 1.37. The highest BCUT2D eigenvalue weighted by atomic mass is 32.2. The third kappa shape index (κ3) is 5.55. The molecule has 9 heteroatoms. The predicted octanol–water partition coefficient (Wildman–Crippen LogP) is 4.53. The number of anilines is 1. The highest BCUT2D eigenvalue weighted by Gasteiger charge is 2.17. The summed E-state index contributed by atoms with van der Waals surface area (Å²) in [5.41, 5.74) is 3.04. The molecule has 2 amide bonds. The fourth-order valence-electron chi connectivity index (χ4n) is 3.36. The molecule has 174 valence electrons. The number of aryl methyl sites for hydroxylation is 1. The molecular weight excluding hydrogens is 450 g/mol. The Morgan fingerprint density at radius 2 is 1.82 bits per heavy atom. The molecule has 2 aromatic carbocycles. The Labute approximate surface area is 201 Å². The lowest BCUT2D eigenvalue weighted by Crippen LogP contribution is -2.25. The van der Waals surface area contributed by atoms with Gasteiger partial charge in [-0.2, -0.15) is 0 Å². The molecule has 0 radical (unpaired) electrons. The largest absolute Gasteiger partial charge is 0.461 e. The average molecular weight is 476 g/mol. The Hall–Kier alpha value is -3.85. The number of furan rings is 1. The van der Waals surface area contributed by atoms with Gasteiger partial charge in [0.2, 0.25) is 5.91 Å². The van der Waals surface area contributed by atoms with Crippen LogP contribution in [-0.2, 0) is 17.9 Å². The first-order chi connectivity index (χ1) is 16.5. The van der Waals surface area contributed by atoms with Crippen molar-refractivity contribution >= 4 is 29.3 Å². The summed E-state index contributed by atoms with van der Waals surface area (Å²) < 4.78 is 7.31. The van der Waals surface area contributed by atoms with Crippen LogP contribution in [0.2, 0.25) is 0 Å². The minimum absolute atomic E-state index is 0.121. The van der Waals surface area contributed by atoms with Crippen molar-refractivity contribution in [2.24, 2.45) is 0 Å². The third-order valence-corrected chi connectivity index (χ3v) is 6.09. The van der Waals surface area contributed by atoms with E-state index in [4.69, 9.17) is 4.42 Å². The molecule has 0 aliphatic heterocycles. The van der Waals surface area contributed by atoms with Gasteiger partial charge in [0.05, 0.1) is 23.3 Å². The van der Waals surface area contributed by atoms with Crippen molar-refractivity contribution in [3.8, 4) is 11.6 Å². The van der Waals surface area contributed by atoms with Crippen LogP contribution in [0.3, 0.4) is 0 Å². The van der Waals surface area contributed by atoms with Gasteiger partial charge in [-0.25, -0.2) is 0 Å². The number of amides is 2. The normalized spacial score (nSPS) is 10.8. The molecule has 0 bridgehead atoms. The monoisotopic (exact) mass is 475 g/mol. The highest BCUT2D eigenvalue weighted by Crippen LogP contribution is 2.24. The van der Waals surface area contributed by atoms with E-state index in [1.165, 1.54) is 11.8 Å². The van der Waals surface area contributed by atoms with Crippen molar-refractivity contribution in [1.82, 2.24) is 20.1 Å². The lowest BCUT2D eigenvalue weighted by molar-refractivity contribution is -0.113. The third-order valence-electron chi connectivity index (χ3n) is 5.13. The molecule has 0 spiro atoms. The smallest absolute Gasteiger partial charge is 0.253 e. The second kappa shape index (κ2) is 10.8. The Morgan fingerprint density at radius 1 is 1.03 bits per heavy atom. The molecule has 0 aliphatic rings. The molecule has 2 heterocycles. The first-order valence-corrected chi connectivity index (χ1v) is 11.9. The molecular formula is C25H25N5O3S. The molecule has 0 unspecified atom stereocenters. The SMILES string of the molecule is CCn1c(SCC(=O)Nc2ccccc2C(=O)NCc2ccc(C)cc2)nnc1-c1ccco1. The van der Waals surface area contributed by atoms with Crippen LogP contribution in [0.1, 0.15) is 28.4 Å². The summed E-state index contributed by atoms with van der Waals surface area (Å²) in [4.78, 5) is 25.4. The number of hydrogen-bond acceptors (Lipinski definition) is 6. The summed E-state index contributed by atoms with van der Waals surface area (Å²) in [6.45, 7) is 5.04. The Bertz CT molecular complexity index is 1270. The van der Waals surface area contributed by atoms with E-state index in [0.717, 1.165) is 11.1 Å². The quantitative estimate of drug-likeness (QED) is 0.345. The summed E-state index contributed by atoms with van der Waals surface area (Å²) in [6, 6.07) is 18.5. The van der Waals surface area contributed by atoms with Crippen molar-refractivity contribution in [2.45, 2.75) is 32.1 Å². The Kier molecular flexibility index (Phi) is 7.44. The zero-order valence-corrected chi connectivity index (χ0v) is 19.8. The molecule has 0 saturated heterocycles. The summed E-state index contributed by atoms with van der Waals surface area (Å²) >= 11 is 1.28. The van der Waals surface area contributed by atoms with Gasteiger partial charge in [0.15, 0.2) is 16.7 Å². The maximum Gasteiger partial charge on any atom is 0.253 e. The number of carbonyl (C=O) groups excluding carboxylic acids is 2. The van der Waals surface area contributed by atoms with Crippen molar-refractivity contribution in [1.29, 1.82) is 0 Å². The van der Waals surface area contributed by atoms with Crippen molar-refractivity contribution in [3.05, 3.63) is 83.6 Å². The molecule has 0 aliphatic carbocycles. The standard InChI is InChI=1S/C25H25N5O3S/c1-3-30-23(21-9-6-14-33-21)28-29-25(30)34-16-22(31)27-20-8-5-4-7-19(20)24(32)26-15-18-12-10-17(2)11-13-18/h4-14H,3,15-16H2,1-2H3,(H,26,32)(H,27,31). The molecule has 2 N–H and O–H groups in total. The van der Waals surface area contributed by atoms with E-state index in [9.17, 15) is 9.59 Å². The molecule has 4 rings (SSSR count). The van der Waals surface area contributed by atoms with Gasteiger partial charge in [0.25, 0.3) is 5.91 Å². The van der Waals surface area contributed by atoms with Crippen LogP contribution >= 0.6 is 11.8 Å². The highest BCUT2D eigenvalue weighted by molar-refractivity contribution is 7.99. The van der Waals surface area contributed by atoms with Gasteiger partial charge in [-0.15, -0.1) is 10.2 Å². The molecule has 0 fully saturated rings. The van der Waals surface area contributed by atoms with Crippen LogP contribution in [-0.4, -0.2) is 32.3 Å². The number of carbonyl (C=O) groups is 2. The number of nitrogens with zero attached hydrogens (tertiary/aromatic N) is 3. The summed E-state index contributed by atoms with van der Waals surface area (Å²) in [5, 5.41) is 14.8. The van der Waals surface area contributed by atoms with Gasteiger partial charge in [-0.3, -0.25) is 14.2 Å². The van der Waals surface area contributed by atoms with E-state index in [2.05, 4.69) is 20.8 Å². The second-order valence-corrected chi connectivity index (χ2v) is 8.52. The van der Waals surface area contributed by atoms with Crippen LogP contribution < -0.4 is 10.6 Å². The second-order valence-electron chi connectivity index (χ2n) is 7.58. The van der Waals surface area contributed by atoms with E-state index in [0.29, 0.717) is 41.1 Å². The van der Waals surface area contributed by atoms with Crippen LogP contribution in [0.25, 0.3) is 11.6 Å². The first kappa shape index (κ1) is 23.3. The lowest BCUT2D eigenvalue weighted by atomic mass is 10.1. The van der Waals surface area contributed by atoms with Gasteiger partial charge >= 0.3 is 0 Å². The summed E-state index contributed by atoms with van der Waals surface area (Å²) in [5.74, 6) is 0.865. The molecule has 0 atom stereocenters. The topological polar surface area (TPSA) is 102 Å². The first-order valence-electron chi connectivity index (χ1n) is 10.9. The van der Waals surface area contributed by atoms with Crippen LogP contribution in [0.4, 0.5) is 5.69 Å². The molecule has 34 heavy (non-hydrogen) atoms. The minimum atomic E-state index is -0.252. The maximum absolute atomic E-state index is 12.8. The average Bonchev–Trinajstić information content (AvgIpc) is 3.52. The van der Waals surface area contributed by atoms with E-state index in [1.54, 1.807) is 36.6 Å². The molecule has 8 nitrogen and oxygen atoms in total.